The van der Waals surface area contributed by atoms with Gasteiger partial charge < -0.3 is 9.30 Å². The van der Waals surface area contributed by atoms with Crippen LogP contribution in [0.2, 0.25) is 0 Å². The number of aliphatic imine (C=N–C) groups is 1. The summed E-state index contributed by atoms with van der Waals surface area (Å²) in [5.41, 5.74) is 4.60. The monoisotopic (exact) mass is 504 g/mol. The van der Waals surface area contributed by atoms with Crippen LogP contribution in [0.1, 0.15) is 34.2 Å². The molecule has 0 unspecified atom stereocenters. The molecular formula is C26H24N4O5S. The molecule has 2 aromatic carbocycles. The molecule has 0 N–H and O–H groups in total. The van der Waals surface area contributed by atoms with Crippen LogP contribution in [-0.2, 0) is 9.53 Å². The fourth-order valence-electron chi connectivity index (χ4n) is 3.84. The molecule has 0 saturated carbocycles. The number of nitro benzene ring substituents is 1. The summed E-state index contributed by atoms with van der Waals surface area (Å²) in [6.45, 7) is 5.94. The van der Waals surface area contributed by atoms with Crippen molar-refractivity contribution in [3.8, 4) is 5.69 Å². The van der Waals surface area contributed by atoms with E-state index in [0.29, 0.717) is 27.9 Å². The van der Waals surface area contributed by atoms with Crippen LogP contribution < -0.4 is 0 Å². The summed E-state index contributed by atoms with van der Waals surface area (Å²) in [5.74, 6) is -0.558. The van der Waals surface area contributed by atoms with Gasteiger partial charge in [0, 0.05) is 36.3 Å². The third-order valence-corrected chi connectivity index (χ3v) is 6.74. The number of likely N-dealkylation sites (N-methyl/N-ethyl adjacent to an activating group) is 1. The molecule has 184 valence electrons. The maximum atomic E-state index is 12.9. The Hall–Kier alpha value is -4.18. The number of amides is 1. The molecule has 2 heterocycles. The lowest BCUT2D eigenvalue weighted by molar-refractivity contribution is -0.384. The summed E-state index contributed by atoms with van der Waals surface area (Å²) in [4.78, 5) is 41.9. The molecule has 10 heteroatoms. The van der Waals surface area contributed by atoms with E-state index in [1.807, 2.05) is 30.6 Å². The number of nitro groups is 1. The van der Waals surface area contributed by atoms with Crippen molar-refractivity contribution in [1.29, 1.82) is 0 Å². The quantitative estimate of drug-likeness (QED) is 0.192. The molecule has 0 radical (unpaired) electrons. The van der Waals surface area contributed by atoms with E-state index < -0.39 is 10.9 Å². The summed E-state index contributed by atoms with van der Waals surface area (Å²) in [6, 6.07) is 15.0. The number of aromatic nitrogens is 1. The van der Waals surface area contributed by atoms with Crippen LogP contribution >= 0.6 is 11.8 Å². The number of carbonyl (C=O) groups excluding carboxylic acids is 2. The number of nitrogens with zero attached hydrogens (tertiary/aromatic N) is 4. The molecule has 1 aromatic heterocycles. The van der Waals surface area contributed by atoms with Crippen molar-refractivity contribution in [1.82, 2.24) is 9.47 Å². The van der Waals surface area contributed by atoms with Gasteiger partial charge in [-0.25, -0.2) is 9.79 Å². The zero-order valence-corrected chi connectivity index (χ0v) is 21.0. The highest BCUT2D eigenvalue weighted by molar-refractivity contribution is 8.18. The van der Waals surface area contributed by atoms with E-state index in [9.17, 15) is 19.7 Å². The number of carbonyl (C=O) groups is 2. The standard InChI is InChI=1S/C26H24N4O5S/c1-5-35-25(32)18-6-8-20(9-7-18)27-26-28(4)24(31)23(36-26)15-19-14-16(2)29(17(19)3)21-10-12-22(13-11-21)30(33)34/h6-15H,5H2,1-4H3/b23-15-,27-26?. The molecule has 1 aliphatic rings. The van der Waals surface area contributed by atoms with Gasteiger partial charge in [0.2, 0.25) is 0 Å². The van der Waals surface area contributed by atoms with Crippen molar-refractivity contribution in [3.63, 3.8) is 0 Å². The third kappa shape index (κ3) is 4.94. The smallest absolute Gasteiger partial charge is 0.338 e. The molecule has 1 aliphatic heterocycles. The summed E-state index contributed by atoms with van der Waals surface area (Å²) >= 11 is 1.27. The lowest BCUT2D eigenvalue weighted by Gasteiger charge is -2.09. The molecule has 9 nitrogen and oxygen atoms in total. The maximum absolute atomic E-state index is 12.9. The van der Waals surface area contributed by atoms with Crippen LogP contribution in [0.4, 0.5) is 11.4 Å². The Kier molecular flexibility index (Phi) is 7.07. The molecule has 36 heavy (non-hydrogen) atoms. The van der Waals surface area contributed by atoms with Gasteiger partial charge in [-0.3, -0.25) is 19.8 Å². The Morgan fingerprint density at radius 2 is 1.81 bits per heavy atom. The number of benzene rings is 2. The van der Waals surface area contributed by atoms with Crippen molar-refractivity contribution in [2.45, 2.75) is 20.8 Å². The Balaban J connectivity index is 1.59. The highest BCUT2D eigenvalue weighted by Gasteiger charge is 2.30. The molecule has 3 aromatic rings. The predicted molar refractivity (Wildman–Crippen MR) is 140 cm³/mol. The van der Waals surface area contributed by atoms with Crippen molar-refractivity contribution < 1.29 is 19.2 Å². The zero-order valence-electron chi connectivity index (χ0n) is 20.2. The number of hydrogen-bond acceptors (Lipinski definition) is 7. The second-order valence-electron chi connectivity index (χ2n) is 8.07. The van der Waals surface area contributed by atoms with Crippen molar-refractivity contribution in [2.75, 3.05) is 13.7 Å². The normalized spacial score (nSPS) is 15.7. The minimum Gasteiger partial charge on any atom is -0.462 e. The minimum atomic E-state index is -0.428. The van der Waals surface area contributed by atoms with Crippen LogP contribution in [-0.4, -0.2) is 45.1 Å². The second-order valence-corrected chi connectivity index (χ2v) is 9.08. The number of ether oxygens (including phenoxy) is 1. The summed E-state index contributed by atoms with van der Waals surface area (Å²) in [6.07, 6.45) is 1.83. The molecule has 1 saturated heterocycles. The van der Waals surface area contributed by atoms with E-state index >= 15 is 0 Å². The van der Waals surface area contributed by atoms with Crippen molar-refractivity contribution in [2.24, 2.45) is 4.99 Å². The third-order valence-electron chi connectivity index (χ3n) is 5.68. The topological polar surface area (TPSA) is 107 Å². The molecule has 4 rings (SSSR count). The number of esters is 1. The van der Waals surface area contributed by atoms with Gasteiger partial charge in [0.05, 0.1) is 27.7 Å². The van der Waals surface area contributed by atoms with Crippen LogP contribution in [0, 0.1) is 24.0 Å². The lowest BCUT2D eigenvalue weighted by Crippen LogP contribution is -2.23. The first-order chi connectivity index (χ1) is 17.2. The first kappa shape index (κ1) is 24.9. The first-order valence-corrected chi connectivity index (χ1v) is 12.0. The number of hydrogen-bond donors (Lipinski definition) is 0. The molecule has 0 spiro atoms. The number of non-ortho nitro benzene ring substituents is 1. The largest absolute Gasteiger partial charge is 0.462 e. The zero-order chi connectivity index (χ0) is 26.0. The van der Waals surface area contributed by atoms with Gasteiger partial charge >= 0.3 is 5.97 Å². The average Bonchev–Trinajstić information content (AvgIpc) is 3.29. The molecular weight excluding hydrogens is 480 g/mol. The van der Waals surface area contributed by atoms with E-state index in [1.54, 1.807) is 50.4 Å². The molecule has 0 atom stereocenters. The number of thioether (sulfide) groups is 1. The van der Waals surface area contributed by atoms with Crippen LogP contribution in [0.15, 0.2) is 64.5 Å². The van der Waals surface area contributed by atoms with E-state index in [2.05, 4.69) is 4.99 Å². The molecule has 0 aliphatic carbocycles. The Labute approximate surface area is 212 Å². The SMILES string of the molecule is CCOC(=O)c1ccc(N=C2S/C(=C\c3cc(C)n(-c4ccc([N+](=O)[O-])cc4)c3C)C(=O)N2C)cc1. The van der Waals surface area contributed by atoms with Crippen LogP contribution in [0.3, 0.4) is 0 Å². The fraction of sp³-hybridized carbons (Fsp3) is 0.192. The van der Waals surface area contributed by atoms with Crippen molar-refractivity contribution in [3.05, 3.63) is 92.1 Å². The minimum absolute atomic E-state index is 0.0295. The number of aryl methyl sites for hydroxylation is 1. The van der Waals surface area contributed by atoms with Gasteiger partial charge in [-0.2, -0.15) is 0 Å². The van der Waals surface area contributed by atoms with Gasteiger partial charge in [-0.05, 0) is 86.6 Å². The van der Waals surface area contributed by atoms with Gasteiger partial charge in [0.25, 0.3) is 11.6 Å². The molecule has 0 bridgehead atoms. The van der Waals surface area contributed by atoms with Gasteiger partial charge in [-0.15, -0.1) is 0 Å². The lowest BCUT2D eigenvalue weighted by atomic mass is 10.2. The molecule has 1 fully saturated rings. The first-order valence-electron chi connectivity index (χ1n) is 11.2. The molecule has 1 amide bonds. The second kappa shape index (κ2) is 10.2. The number of rotatable bonds is 6. The van der Waals surface area contributed by atoms with Crippen molar-refractivity contribution >= 4 is 46.3 Å². The maximum Gasteiger partial charge on any atom is 0.338 e. The Morgan fingerprint density at radius 1 is 1.14 bits per heavy atom. The summed E-state index contributed by atoms with van der Waals surface area (Å²) in [7, 11) is 1.67. The Morgan fingerprint density at radius 3 is 2.42 bits per heavy atom. The van der Waals surface area contributed by atoms with Gasteiger partial charge in [-0.1, -0.05) is 0 Å². The number of amidine groups is 1. The predicted octanol–water partition coefficient (Wildman–Crippen LogP) is 5.41. The van der Waals surface area contributed by atoms with Gasteiger partial charge in [0.15, 0.2) is 5.17 Å². The van der Waals surface area contributed by atoms with Crippen LogP contribution in [0.25, 0.3) is 11.8 Å². The average molecular weight is 505 g/mol. The van der Waals surface area contributed by atoms with Crippen LogP contribution in [0.5, 0.6) is 0 Å². The Bertz CT molecular complexity index is 1410. The van der Waals surface area contributed by atoms with E-state index in [1.165, 1.54) is 28.8 Å². The van der Waals surface area contributed by atoms with E-state index in [0.717, 1.165) is 22.6 Å². The highest BCUT2D eigenvalue weighted by atomic mass is 32.2. The van der Waals surface area contributed by atoms with E-state index in [-0.39, 0.29) is 11.6 Å². The summed E-state index contributed by atoms with van der Waals surface area (Å²) < 4.78 is 6.99. The summed E-state index contributed by atoms with van der Waals surface area (Å²) in [5, 5.41) is 11.5. The van der Waals surface area contributed by atoms with Gasteiger partial charge in [0.1, 0.15) is 0 Å². The highest BCUT2D eigenvalue weighted by Crippen LogP contribution is 2.34. The fourth-order valence-corrected chi connectivity index (χ4v) is 4.82. The van der Waals surface area contributed by atoms with E-state index in [4.69, 9.17) is 4.74 Å².